The summed E-state index contributed by atoms with van der Waals surface area (Å²) in [6.07, 6.45) is -7.04. The molecule has 13 heteroatoms. The van der Waals surface area contributed by atoms with Crippen molar-refractivity contribution < 1.29 is 47.9 Å². The van der Waals surface area contributed by atoms with Crippen LogP contribution in [0.5, 0.6) is 0 Å². The minimum Gasteiger partial charge on any atom is -0.210 e. The molecular formula is C4BrF9O2S. The first kappa shape index (κ1) is 16.8. The van der Waals surface area contributed by atoms with Crippen LogP contribution in [0.1, 0.15) is 0 Å². The summed E-state index contributed by atoms with van der Waals surface area (Å²) in [5, 5.41) is -6.64. The van der Waals surface area contributed by atoms with Crippen molar-refractivity contribution >= 4 is 23.1 Å². The molecule has 0 radical (unpaired) electrons. The average Bonchev–Trinajstić information content (AvgIpc) is 1.98. The average molecular weight is 363 g/mol. The molecule has 0 N–H and O–H groups in total. The van der Waals surface area contributed by atoms with E-state index >= 15 is 0 Å². The summed E-state index contributed by atoms with van der Waals surface area (Å²) in [6.45, 7) is 0. The summed E-state index contributed by atoms with van der Waals surface area (Å²) in [4.78, 5) is 0. The lowest BCUT2D eigenvalue weighted by atomic mass is 10.1. The Labute approximate surface area is 94.9 Å². The number of hydrogen-bond donors (Lipinski definition) is 0. The second kappa shape index (κ2) is 3.90. The molecule has 0 bridgehead atoms. The van der Waals surface area contributed by atoms with E-state index in [9.17, 15) is 47.9 Å². The van der Waals surface area contributed by atoms with Gasteiger partial charge in [0, 0.05) is 0 Å². The smallest absolute Gasteiger partial charge is 0.210 e. The molecule has 2 nitrogen and oxygen atoms in total. The zero-order valence-electron chi connectivity index (χ0n) is 7.00. The SMILES string of the molecule is O=S(=O)(Br)C(F)(F)C(F)(F)C(F)(F)C(F)(F)F. The van der Waals surface area contributed by atoms with Crippen LogP contribution in [0, 0.1) is 0 Å². The third kappa shape index (κ3) is 2.35. The zero-order chi connectivity index (χ0) is 14.5. The highest BCUT2D eigenvalue weighted by Crippen LogP contribution is 2.55. The maximum Gasteiger partial charge on any atom is 0.460 e. The van der Waals surface area contributed by atoms with Gasteiger partial charge in [0.05, 0.1) is 14.8 Å². The fraction of sp³-hybridized carbons (Fsp3) is 1.00. The molecule has 17 heavy (non-hydrogen) atoms. The second-order valence-electron chi connectivity index (χ2n) is 2.60. The molecule has 0 aliphatic carbocycles. The molecule has 0 saturated heterocycles. The molecule has 0 aliphatic rings. The highest BCUT2D eigenvalue weighted by atomic mass is 79.9. The molecule has 0 unspecified atom stereocenters. The van der Waals surface area contributed by atoms with Crippen molar-refractivity contribution in [2.75, 3.05) is 0 Å². The van der Waals surface area contributed by atoms with Crippen LogP contribution in [0.3, 0.4) is 0 Å². The van der Waals surface area contributed by atoms with E-state index in [2.05, 4.69) is 0 Å². The molecule has 0 aromatic heterocycles. The van der Waals surface area contributed by atoms with E-state index in [4.69, 9.17) is 0 Å². The molecule has 104 valence electrons. The minimum absolute atomic E-state index is 0.937. The number of halogens is 10. The van der Waals surface area contributed by atoms with Gasteiger partial charge in [0.25, 0.3) is 8.27 Å². The third-order valence-electron chi connectivity index (χ3n) is 1.42. The van der Waals surface area contributed by atoms with Crippen LogP contribution >= 0.6 is 14.8 Å². The fourth-order valence-corrected chi connectivity index (χ4v) is 1.56. The monoisotopic (exact) mass is 362 g/mol. The van der Waals surface area contributed by atoms with Crippen molar-refractivity contribution in [3.05, 3.63) is 0 Å². The van der Waals surface area contributed by atoms with Gasteiger partial charge in [-0.1, -0.05) is 0 Å². The summed E-state index contributed by atoms with van der Waals surface area (Å²) < 4.78 is 128. The van der Waals surface area contributed by atoms with Crippen LogP contribution in [0.25, 0.3) is 0 Å². The minimum atomic E-state index is -7.22. The lowest BCUT2D eigenvalue weighted by Gasteiger charge is -2.31. The van der Waals surface area contributed by atoms with Crippen molar-refractivity contribution in [2.45, 2.75) is 23.3 Å². The van der Waals surface area contributed by atoms with Gasteiger partial charge in [-0.05, 0) is 0 Å². The molecule has 0 heterocycles. The van der Waals surface area contributed by atoms with Crippen LogP contribution in [0.2, 0.25) is 0 Å². The lowest BCUT2D eigenvalue weighted by molar-refractivity contribution is -0.381. The van der Waals surface area contributed by atoms with Gasteiger partial charge in [0.2, 0.25) is 0 Å². The molecule has 0 spiro atoms. The predicted molar refractivity (Wildman–Crippen MR) is 38.7 cm³/mol. The molecule has 0 atom stereocenters. The first-order chi connectivity index (χ1) is 7.00. The van der Waals surface area contributed by atoms with Crippen molar-refractivity contribution in [2.24, 2.45) is 0 Å². The Morgan fingerprint density at radius 1 is 0.706 bits per heavy atom. The zero-order valence-corrected chi connectivity index (χ0v) is 9.41. The van der Waals surface area contributed by atoms with E-state index in [0.717, 1.165) is 14.8 Å². The van der Waals surface area contributed by atoms with Gasteiger partial charge in [-0.3, -0.25) is 0 Å². The molecule has 0 aliphatic heterocycles. The molecule has 0 amide bonds. The Bertz CT molecular complexity index is 396. The van der Waals surface area contributed by atoms with E-state index in [1.807, 2.05) is 0 Å². The van der Waals surface area contributed by atoms with Gasteiger partial charge >= 0.3 is 23.3 Å². The highest BCUT2D eigenvalue weighted by Gasteiger charge is 2.85. The molecule has 0 fully saturated rings. The largest absolute Gasteiger partial charge is 0.460 e. The summed E-state index contributed by atoms with van der Waals surface area (Å²) in [5.41, 5.74) is 0. The summed E-state index contributed by atoms with van der Waals surface area (Å²) in [7, 11) is -6.35. The van der Waals surface area contributed by atoms with Gasteiger partial charge in [0.1, 0.15) is 0 Å². The van der Waals surface area contributed by atoms with Gasteiger partial charge in [-0.25, -0.2) is 8.42 Å². The van der Waals surface area contributed by atoms with Crippen LogP contribution in [0.4, 0.5) is 39.5 Å². The van der Waals surface area contributed by atoms with E-state index in [-0.39, 0.29) is 0 Å². The molecular weight excluding hydrogens is 363 g/mol. The number of alkyl halides is 9. The normalized spacial score (nSPS) is 16.1. The number of hydrogen-bond acceptors (Lipinski definition) is 2. The summed E-state index contributed by atoms with van der Waals surface area (Å²) in [6, 6.07) is 0. The standard InChI is InChI=1S/C4BrF9O2S/c5-17(15,16)4(13,14)2(8,9)1(6,7)3(10,11)12. The quantitative estimate of drug-likeness (QED) is 0.571. The Balaban J connectivity index is 5.91. The topological polar surface area (TPSA) is 34.1 Å². The van der Waals surface area contributed by atoms with Crippen LogP contribution in [0.15, 0.2) is 0 Å². The lowest BCUT2D eigenvalue weighted by Crippen LogP contribution is -2.62. The highest BCUT2D eigenvalue weighted by molar-refractivity contribution is 9.47. The first-order valence-corrected chi connectivity index (χ1v) is 6.47. The predicted octanol–water partition coefficient (Wildman–Crippen LogP) is 3.14. The van der Waals surface area contributed by atoms with E-state index in [0.29, 0.717) is 0 Å². The van der Waals surface area contributed by atoms with Crippen molar-refractivity contribution in [1.82, 2.24) is 0 Å². The van der Waals surface area contributed by atoms with Crippen molar-refractivity contribution in [3.63, 3.8) is 0 Å². The summed E-state index contributed by atoms with van der Waals surface area (Å²) in [5.74, 6) is -14.4. The molecule has 0 rings (SSSR count). The molecule has 0 aromatic rings. The van der Waals surface area contributed by atoms with E-state index in [1.165, 1.54) is 0 Å². The molecule has 0 saturated carbocycles. The Hall–Kier alpha value is -0.200. The van der Waals surface area contributed by atoms with Gasteiger partial charge in [-0.2, -0.15) is 39.5 Å². The third-order valence-corrected chi connectivity index (χ3v) is 3.51. The van der Waals surface area contributed by atoms with Crippen molar-refractivity contribution in [1.29, 1.82) is 0 Å². The number of rotatable bonds is 3. The van der Waals surface area contributed by atoms with E-state index < -0.39 is 31.5 Å². The second-order valence-corrected chi connectivity index (χ2v) is 6.55. The first-order valence-electron chi connectivity index (χ1n) is 3.14. The van der Waals surface area contributed by atoms with Crippen LogP contribution in [-0.2, 0) is 8.27 Å². The van der Waals surface area contributed by atoms with Crippen LogP contribution in [-0.4, -0.2) is 31.7 Å². The Kier molecular flexibility index (Phi) is 3.85. The Morgan fingerprint density at radius 3 is 1.18 bits per heavy atom. The molecule has 0 aromatic carbocycles. The van der Waals surface area contributed by atoms with Crippen molar-refractivity contribution in [3.8, 4) is 0 Å². The van der Waals surface area contributed by atoms with E-state index in [1.54, 1.807) is 0 Å². The Morgan fingerprint density at radius 2 is 1.00 bits per heavy atom. The van der Waals surface area contributed by atoms with Gasteiger partial charge in [-0.15, -0.1) is 0 Å². The maximum absolute atomic E-state index is 12.4. The summed E-state index contributed by atoms with van der Waals surface area (Å²) >= 11 is 0.937. The van der Waals surface area contributed by atoms with Gasteiger partial charge < -0.3 is 0 Å². The maximum atomic E-state index is 12.4. The van der Waals surface area contributed by atoms with Gasteiger partial charge in [0.15, 0.2) is 0 Å². The van der Waals surface area contributed by atoms with Crippen LogP contribution < -0.4 is 0 Å². The fourth-order valence-electron chi connectivity index (χ4n) is 0.514.